The summed E-state index contributed by atoms with van der Waals surface area (Å²) in [6.45, 7) is 15.0. The molecule has 1 spiro atoms. The van der Waals surface area contributed by atoms with Crippen LogP contribution < -0.4 is 0 Å². The molecule has 0 radical (unpaired) electrons. The fourth-order valence-corrected chi connectivity index (χ4v) is 12.8. The zero-order chi connectivity index (χ0) is 38.1. The summed E-state index contributed by atoms with van der Waals surface area (Å²) in [4.78, 5) is 42.0. The highest BCUT2D eigenvalue weighted by Crippen LogP contribution is 2.77. The molecule has 4 saturated carbocycles. The number of ether oxygens (including phenoxy) is 4. The number of aliphatic hydroxyl groups is 5. The molecule has 0 amide bonds. The Hall–Kier alpha value is -1.87. The van der Waals surface area contributed by atoms with Crippen LogP contribution in [0.1, 0.15) is 107 Å². The van der Waals surface area contributed by atoms with Gasteiger partial charge in [-0.2, -0.15) is 0 Å². The first kappa shape index (κ1) is 38.4. The third-order valence-electron chi connectivity index (χ3n) is 15.7. The van der Waals surface area contributed by atoms with E-state index in [9.17, 15) is 39.9 Å². The van der Waals surface area contributed by atoms with Crippen LogP contribution in [0.5, 0.6) is 0 Å². The van der Waals surface area contributed by atoms with E-state index in [1.54, 1.807) is 20.8 Å². The highest BCUT2D eigenvalue weighted by atomic mass is 16.7. The van der Waals surface area contributed by atoms with E-state index in [1.165, 1.54) is 13.8 Å². The predicted molar refractivity (Wildman–Crippen MR) is 184 cm³/mol. The molecule has 7 fully saturated rings. The number of carbonyl (C=O) groups is 3. The second kappa shape index (κ2) is 12.3. The van der Waals surface area contributed by atoms with Gasteiger partial charge >= 0.3 is 17.9 Å². The van der Waals surface area contributed by atoms with Crippen LogP contribution in [0.4, 0.5) is 0 Å². The van der Waals surface area contributed by atoms with Crippen molar-refractivity contribution < 1.29 is 58.9 Å². The van der Waals surface area contributed by atoms with E-state index in [0.29, 0.717) is 25.3 Å². The summed E-state index contributed by atoms with van der Waals surface area (Å²) >= 11 is 0. The van der Waals surface area contributed by atoms with Crippen LogP contribution in [0.2, 0.25) is 0 Å². The number of fused-ring (bicyclic) bond motifs is 5. The van der Waals surface area contributed by atoms with Crippen LogP contribution >= 0.6 is 0 Å². The predicted octanol–water partition coefficient (Wildman–Crippen LogP) is 2.07. The van der Waals surface area contributed by atoms with Gasteiger partial charge < -0.3 is 44.5 Å². The Morgan fingerprint density at radius 1 is 1.04 bits per heavy atom. The van der Waals surface area contributed by atoms with Gasteiger partial charge in [-0.25, -0.2) is 4.79 Å². The smallest absolute Gasteiger partial charge is 0.338 e. The zero-order valence-electron chi connectivity index (χ0n) is 32.0. The van der Waals surface area contributed by atoms with E-state index in [4.69, 9.17) is 18.9 Å². The summed E-state index contributed by atoms with van der Waals surface area (Å²) in [7, 11) is 0. The molecule has 5 N–H and O–H groups in total. The highest BCUT2D eigenvalue weighted by Gasteiger charge is 2.87. The molecule has 18 atom stereocenters. The van der Waals surface area contributed by atoms with E-state index in [1.807, 2.05) is 13.8 Å². The first-order valence-electron chi connectivity index (χ1n) is 19.7. The van der Waals surface area contributed by atoms with Crippen molar-refractivity contribution in [2.75, 3.05) is 13.1 Å². The second-order valence-corrected chi connectivity index (χ2v) is 18.6. The first-order valence-corrected chi connectivity index (χ1v) is 19.7. The van der Waals surface area contributed by atoms with Gasteiger partial charge in [0, 0.05) is 43.3 Å². The lowest BCUT2D eigenvalue weighted by Crippen LogP contribution is -2.77. The molecule has 3 heterocycles. The molecule has 3 aliphatic heterocycles. The van der Waals surface area contributed by atoms with Gasteiger partial charge in [0.25, 0.3) is 0 Å². The number of aliphatic hydroxyl groups excluding tert-OH is 1. The van der Waals surface area contributed by atoms with E-state index >= 15 is 0 Å². The molecule has 13 heteroatoms. The molecule has 0 aromatic rings. The Morgan fingerprint density at radius 2 is 1.73 bits per heavy atom. The molecule has 4 bridgehead atoms. The Balaban J connectivity index is 1.39. The quantitative estimate of drug-likeness (QED) is 0.189. The van der Waals surface area contributed by atoms with Crippen molar-refractivity contribution in [2.45, 2.75) is 165 Å². The monoisotopic (exact) mass is 735 g/mol. The minimum atomic E-state index is -2.06. The average molecular weight is 736 g/mol. The number of esters is 3. The van der Waals surface area contributed by atoms with E-state index in [2.05, 4.69) is 11.8 Å². The molecule has 4 aliphatic carbocycles. The normalized spacial score (nSPS) is 52.2. The molecular formula is C39H61NO12. The number of nitrogens with zero attached hydrogens (tertiary/aromatic N) is 1. The number of hydrogen-bond acceptors (Lipinski definition) is 13. The van der Waals surface area contributed by atoms with Crippen LogP contribution in [0.25, 0.3) is 0 Å². The molecular weight excluding hydrogens is 674 g/mol. The topological polar surface area (TPSA) is 193 Å². The summed E-state index contributed by atoms with van der Waals surface area (Å²) in [5.74, 6) is -8.04. The lowest BCUT2D eigenvalue weighted by Gasteiger charge is -2.64. The fourth-order valence-electron chi connectivity index (χ4n) is 12.8. The molecule has 7 rings (SSSR count). The van der Waals surface area contributed by atoms with Crippen molar-refractivity contribution in [1.82, 2.24) is 4.90 Å². The lowest BCUT2D eigenvalue weighted by atomic mass is 9.49. The fraction of sp³-hybridized carbons (Fsp3) is 0.923. The van der Waals surface area contributed by atoms with Crippen molar-refractivity contribution in [2.24, 2.45) is 46.8 Å². The summed E-state index contributed by atoms with van der Waals surface area (Å²) in [6.07, 6.45) is -2.10. The van der Waals surface area contributed by atoms with Crippen LogP contribution in [0, 0.1) is 46.8 Å². The first-order chi connectivity index (χ1) is 24.1. The van der Waals surface area contributed by atoms with Gasteiger partial charge in [-0.05, 0) is 83.0 Å². The third kappa shape index (κ3) is 5.01. The molecule has 52 heavy (non-hydrogen) atoms. The van der Waals surface area contributed by atoms with Crippen molar-refractivity contribution in [1.29, 1.82) is 0 Å². The van der Waals surface area contributed by atoms with Crippen LogP contribution in [0.3, 0.4) is 0 Å². The summed E-state index contributed by atoms with van der Waals surface area (Å²) in [5.41, 5.74) is -7.42. The molecule has 7 aliphatic rings. The number of carbonyl (C=O) groups excluding carboxylic acids is 3. The van der Waals surface area contributed by atoms with Gasteiger partial charge in [-0.1, -0.05) is 34.6 Å². The maximum absolute atomic E-state index is 13.7. The maximum Gasteiger partial charge on any atom is 0.338 e. The zero-order valence-corrected chi connectivity index (χ0v) is 32.0. The van der Waals surface area contributed by atoms with Gasteiger partial charge in [0.15, 0.2) is 17.8 Å². The molecule has 3 saturated heterocycles. The molecule has 294 valence electrons. The van der Waals surface area contributed by atoms with Gasteiger partial charge in [0.1, 0.15) is 11.7 Å². The summed E-state index contributed by atoms with van der Waals surface area (Å²) in [5, 5.41) is 62.1. The minimum absolute atomic E-state index is 0.0475. The Labute approximate surface area is 306 Å². The molecule has 0 unspecified atom stereocenters. The minimum Gasteiger partial charge on any atom is -0.462 e. The number of piperidine rings is 2. The van der Waals surface area contributed by atoms with E-state index in [0.717, 1.165) is 19.4 Å². The summed E-state index contributed by atoms with van der Waals surface area (Å²) in [6, 6.07) is -0.243. The summed E-state index contributed by atoms with van der Waals surface area (Å²) < 4.78 is 25.2. The third-order valence-corrected chi connectivity index (χ3v) is 15.7. The highest BCUT2D eigenvalue weighted by molar-refractivity contribution is 5.79. The van der Waals surface area contributed by atoms with Crippen molar-refractivity contribution in [3.8, 4) is 0 Å². The van der Waals surface area contributed by atoms with Crippen molar-refractivity contribution in [3.63, 3.8) is 0 Å². The SMILES string of the molecule is CC[C@@H](C)C(=O)O[C@H]1[C@H](O)[C@H]2[C@@H](CN3C[C@@H](C)CC[C@H]3[C@@]2(C)O)[C@@H]2C[C@]34O[C@]5(O)[C@@H](OC(=O)[C@@](C)(O)CC)CC[C@@]3(C)[C@@H]5C[C@@H](OC(C)=O)[C@H]4[C@@]21O. The van der Waals surface area contributed by atoms with Gasteiger partial charge in [-0.3, -0.25) is 14.5 Å². The van der Waals surface area contributed by atoms with Gasteiger partial charge in [-0.15, -0.1) is 0 Å². The Bertz CT molecular complexity index is 1470. The maximum atomic E-state index is 13.7. The number of hydrogen-bond donors (Lipinski definition) is 5. The van der Waals surface area contributed by atoms with Crippen LogP contribution in [-0.2, 0) is 33.3 Å². The molecule has 13 nitrogen and oxygen atoms in total. The standard InChI is InChI=1S/C39H61NO12/c1-9-20(4)32(43)51-31-29(42)28-22(18-40-17-19(3)11-12-26(40)36(28,8)46)23-16-37-30(38(23,31)47)24(49-21(5)41)15-25-34(37,6)14-13-27(39(25,48)52-37)50-33(44)35(7,45)10-2/h19-20,22-31,42,45-48H,9-18H2,1-8H3/t19-,20+,22-,23-,24+,25-,26-,27-,28+,29+,30+,31-,34-,35-,36+,37+,38-,39-/m0/s1. The second-order valence-electron chi connectivity index (χ2n) is 18.6. The molecule has 0 aromatic carbocycles. The van der Waals surface area contributed by atoms with Crippen molar-refractivity contribution in [3.05, 3.63) is 0 Å². The lowest BCUT2D eigenvalue weighted by molar-refractivity contribution is -0.300. The van der Waals surface area contributed by atoms with E-state index < -0.39 is 111 Å². The Kier molecular flexibility index (Phi) is 9.10. The van der Waals surface area contributed by atoms with Crippen molar-refractivity contribution >= 4 is 17.9 Å². The van der Waals surface area contributed by atoms with Crippen LogP contribution in [-0.4, -0.2) is 120 Å². The molecule has 0 aromatic heterocycles. The van der Waals surface area contributed by atoms with Gasteiger partial charge in [0.05, 0.1) is 29.1 Å². The van der Waals surface area contributed by atoms with E-state index in [-0.39, 0.29) is 31.7 Å². The largest absolute Gasteiger partial charge is 0.462 e. The van der Waals surface area contributed by atoms with Crippen LogP contribution in [0.15, 0.2) is 0 Å². The average Bonchev–Trinajstić information content (AvgIpc) is 3.34. The number of rotatable bonds is 7. The van der Waals surface area contributed by atoms with Gasteiger partial charge in [0.2, 0.25) is 5.79 Å². The Morgan fingerprint density at radius 3 is 2.37 bits per heavy atom.